The molecule has 2 heterocycles. The molecule has 3 rings (SSSR count). The van der Waals surface area contributed by atoms with Crippen LogP contribution in [0.3, 0.4) is 0 Å². The van der Waals surface area contributed by atoms with Crippen LogP contribution in [-0.2, 0) is 6.54 Å². The maximum atomic E-state index is 5.68. The number of likely N-dealkylation sites (tertiary alicyclic amines) is 1. The van der Waals surface area contributed by atoms with Crippen molar-refractivity contribution in [3.63, 3.8) is 0 Å². The Balaban J connectivity index is 1.47. The Morgan fingerprint density at radius 2 is 2.14 bits per heavy atom. The van der Waals surface area contributed by atoms with E-state index in [2.05, 4.69) is 27.3 Å². The van der Waals surface area contributed by atoms with Crippen LogP contribution in [0.25, 0.3) is 11.5 Å². The summed E-state index contributed by atoms with van der Waals surface area (Å²) < 4.78 is 5.68. The first-order chi connectivity index (χ1) is 10.3. The predicted molar refractivity (Wildman–Crippen MR) is 81.7 cm³/mol. The Bertz CT molecular complexity index is 554. The summed E-state index contributed by atoms with van der Waals surface area (Å²) in [5, 5.41) is 11.6. The van der Waals surface area contributed by atoms with E-state index in [1.807, 2.05) is 30.3 Å². The Labute approximate surface area is 125 Å². The molecule has 0 aliphatic carbocycles. The minimum absolute atomic E-state index is 0.588. The SMILES string of the molecule is CCN1CCC(CNCc2nnc(-c3ccccc3)o2)C1. The Hall–Kier alpha value is -1.72. The highest BCUT2D eigenvalue weighted by molar-refractivity contribution is 5.51. The summed E-state index contributed by atoms with van der Waals surface area (Å²) in [5.41, 5.74) is 0.964. The summed E-state index contributed by atoms with van der Waals surface area (Å²) in [6.45, 7) is 7.45. The van der Waals surface area contributed by atoms with E-state index in [1.165, 1.54) is 19.5 Å². The van der Waals surface area contributed by atoms with Crippen molar-refractivity contribution >= 4 is 0 Å². The van der Waals surface area contributed by atoms with Gasteiger partial charge in [-0.3, -0.25) is 0 Å². The van der Waals surface area contributed by atoms with E-state index in [0.29, 0.717) is 18.3 Å². The van der Waals surface area contributed by atoms with Crippen LogP contribution in [0.1, 0.15) is 19.2 Å². The van der Waals surface area contributed by atoms with Gasteiger partial charge < -0.3 is 14.6 Å². The molecule has 1 atom stereocenters. The monoisotopic (exact) mass is 286 g/mol. The third-order valence-corrected chi connectivity index (χ3v) is 4.01. The molecule has 1 aromatic heterocycles. The maximum absolute atomic E-state index is 5.68. The van der Waals surface area contributed by atoms with Crippen LogP contribution >= 0.6 is 0 Å². The summed E-state index contributed by atoms with van der Waals surface area (Å²) in [7, 11) is 0. The molecule has 1 aromatic carbocycles. The average Bonchev–Trinajstić information content (AvgIpc) is 3.17. The molecule has 5 nitrogen and oxygen atoms in total. The Morgan fingerprint density at radius 3 is 2.90 bits per heavy atom. The molecule has 1 N–H and O–H groups in total. The largest absolute Gasteiger partial charge is 0.419 e. The van der Waals surface area contributed by atoms with Crippen molar-refractivity contribution in [2.75, 3.05) is 26.2 Å². The van der Waals surface area contributed by atoms with Gasteiger partial charge in [0.15, 0.2) is 0 Å². The minimum Gasteiger partial charge on any atom is -0.419 e. The van der Waals surface area contributed by atoms with Crippen LogP contribution in [0, 0.1) is 5.92 Å². The highest BCUT2D eigenvalue weighted by Crippen LogP contribution is 2.17. The highest BCUT2D eigenvalue weighted by atomic mass is 16.4. The summed E-state index contributed by atoms with van der Waals surface area (Å²) in [4.78, 5) is 2.49. The van der Waals surface area contributed by atoms with Crippen molar-refractivity contribution in [3.8, 4) is 11.5 Å². The molecular weight excluding hydrogens is 264 g/mol. The zero-order valence-electron chi connectivity index (χ0n) is 12.5. The zero-order valence-corrected chi connectivity index (χ0v) is 12.5. The van der Waals surface area contributed by atoms with Gasteiger partial charge in [-0.2, -0.15) is 0 Å². The standard InChI is InChI=1S/C16H22N4O/c1-2-20-9-8-13(12-20)10-17-11-15-18-19-16(21-15)14-6-4-3-5-7-14/h3-7,13,17H,2,8-12H2,1H3. The van der Waals surface area contributed by atoms with Crippen molar-refractivity contribution in [2.24, 2.45) is 5.92 Å². The van der Waals surface area contributed by atoms with E-state index in [4.69, 9.17) is 4.42 Å². The van der Waals surface area contributed by atoms with Crippen LogP contribution in [0.4, 0.5) is 0 Å². The van der Waals surface area contributed by atoms with Crippen LogP contribution in [0.2, 0.25) is 0 Å². The number of hydrogen-bond acceptors (Lipinski definition) is 5. The van der Waals surface area contributed by atoms with Crippen LogP contribution in [0.5, 0.6) is 0 Å². The zero-order chi connectivity index (χ0) is 14.5. The third kappa shape index (κ3) is 3.68. The number of benzene rings is 1. The van der Waals surface area contributed by atoms with E-state index in [9.17, 15) is 0 Å². The first-order valence-corrected chi connectivity index (χ1v) is 7.66. The molecule has 112 valence electrons. The molecule has 0 amide bonds. The van der Waals surface area contributed by atoms with Crippen molar-refractivity contribution in [1.82, 2.24) is 20.4 Å². The van der Waals surface area contributed by atoms with Crippen LogP contribution in [-0.4, -0.2) is 41.3 Å². The number of nitrogens with one attached hydrogen (secondary N) is 1. The van der Waals surface area contributed by atoms with Crippen LogP contribution in [0.15, 0.2) is 34.7 Å². The molecule has 0 saturated carbocycles. The first-order valence-electron chi connectivity index (χ1n) is 7.66. The molecule has 21 heavy (non-hydrogen) atoms. The third-order valence-electron chi connectivity index (χ3n) is 4.01. The smallest absolute Gasteiger partial charge is 0.247 e. The lowest BCUT2D eigenvalue weighted by atomic mass is 10.1. The normalized spacial score (nSPS) is 19.2. The maximum Gasteiger partial charge on any atom is 0.247 e. The molecule has 1 saturated heterocycles. The van der Waals surface area contributed by atoms with Gasteiger partial charge in [0.25, 0.3) is 0 Å². The molecular formula is C16H22N4O. The second-order valence-electron chi connectivity index (χ2n) is 5.55. The number of aromatic nitrogens is 2. The molecule has 0 spiro atoms. The van der Waals surface area contributed by atoms with Gasteiger partial charge in [0, 0.05) is 12.1 Å². The molecule has 2 aromatic rings. The van der Waals surface area contributed by atoms with Gasteiger partial charge in [-0.15, -0.1) is 10.2 Å². The summed E-state index contributed by atoms with van der Waals surface area (Å²) in [5.74, 6) is 1.98. The second-order valence-corrected chi connectivity index (χ2v) is 5.55. The molecule has 1 fully saturated rings. The van der Waals surface area contributed by atoms with Gasteiger partial charge in [0.05, 0.1) is 6.54 Å². The van der Waals surface area contributed by atoms with Crippen LogP contribution < -0.4 is 5.32 Å². The number of hydrogen-bond donors (Lipinski definition) is 1. The minimum atomic E-state index is 0.588. The number of nitrogens with zero attached hydrogens (tertiary/aromatic N) is 3. The molecule has 0 radical (unpaired) electrons. The van der Waals surface area contributed by atoms with Gasteiger partial charge in [-0.05, 0) is 44.1 Å². The fourth-order valence-electron chi connectivity index (χ4n) is 2.77. The van der Waals surface area contributed by atoms with Crippen molar-refractivity contribution in [3.05, 3.63) is 36.2 Å². The Morgan fingerprint density at radius 1 is 1.29 bits per heavy atom. The van der Waals surface area contributed by atoms with Crippen molar-refractivity contribution in [2.45, 2.75) is 19.9 Å². The second kappa shape index (κ2) is 6.83. The molecule has 1 unspecified atom stereocenters. The van der Waals surface area contributed by atoms with Gasteiger partial charge in [-0.25, -0.2) is 0 Å². The molecule has 5 heteroatoms. The number of rotatable bonds is 6. The fourth-order valence-corrected chi connectivity index (χ4v) is 2.77. The fraction of sp³-hybridized carbons (Fsp3) is 0.500. The molecule has 1 aliphatic heterocycles. The van der Waals surface area contributed by atoms with Gasteiger partial charge in [0.1, 0.15) is 0 Å². The predicted octanol–water partition coefficient (Wildman–Crippen LogP) is 2.17. The van der Waals surface area contributed by atoms with E-state index < -0.39 is 0 Å². The lowest BCUT2D eigenvalue weighted by Crippen LogP contribution is -2.26. The van der Waals surface area contributed by atoms with E-state index in [0.717, 1.165) is 24.6 Å². The van der Waals surface area contributed by atoms with E-state index >= 15 is 0 Å². The summed E-state index contributed by atoms with van der Waals surface area (Å²) >= 11 is 0. The molecule has 0 bridgehead atoms. The van der Waals surface area contributed by atoms with Gasteiger partial charge in [-0.1, -0.05) is 25.1 Å². The van der Waals surface area contributed by atoms with Gasteiger partial charge in [0.2, 0.25) is 11.8 Å². The highest BCUT2D eigenvalue weighted by Gasteiger charge is 2.20. The van der Waals surface area contributed by atoms with Gasteiger partial charge >= 0.3 is 0 Å². The lowest BCUT2D eigenvalue weighted by molar-refractivity contribution is 0.337. The summed E-state index contributed by atoms with van der Waals surface area (Å²) in [6, 6.07) is 9.86. The first kappa shape index (κ1) is 14.2. The van der Waals surface area contributed by atoms with Crippen molar-refractivity contribution < 1.29 is 4.42 Å². The quantitative estimate of drug-likeness (QED) is 0.882. The topological polar surface area (TPSA) is 54.2 Å². The van der Waals surface area contributed by atoms with E-state index in [-0.39, 0.29) is 0 Å². The van der Waals surface area contributed by atoms with Crippen molar-refractivity contribution in [1.29, 1.82) is 0 Å². The summed E-state index contributed by atoms with van der Waals surface area (Å²) in [6.07, 6.45) is 1.28. The average molecular weight is 286 g/mol. The van der Waals surface area contributed by atoms with E-state index in [1.54, 1.807) is 0 Å². The molecule has 1 aliphatic rings. The lowest BCUT2D eigenvalue weighted by Gasteiger charge is -2.13. The Kier molecular flexibility index (Phi) is 4.62.